The van der Waals surface area contributed by atoms with E-state index >= 15 is 0 Å². The van der Waals surface area contributed by atoms with Crippen molar-refractivity contribution in [2.24, 2.45) is 5.92 Å². The molecule has 3 rings (SSSR count). The Labute approximate surface area is 140 Å². The molecule has 0 saturated carbocycles. The van der Waals surface area contributed by atoms with Gasteiger partial charge in [-0.2, -0.15) is 0 Å². The van der Waals surface area contributed by atoms with E-state index in [-0.39, 0.29) is 11.8 Å². The summed E-state index contributed by atoms with van der Waals surface area (Å²) >= 11 is 1.67. The van der Waals surface area contributed by atoms with Gasteiger partial charge in [-0.25, -0.2) is 9.97 Å². The molecule has 2 heterocycles. The lowest BCUT2D eigenvalue weighted by molar-refractivity contribution is -0.120. The van der Waals surface area contributed by atoms with E-state index in [0.717, 1.165) is 30.0 Å². The zero-order valence-electron chi connectivity index (χ0n) is 13.1. The topological polar surface area (TPSA) is 58.1 Å². The van der Waals surface area contributed by atoms with Gasteiger partial charge in [-0.1, -0.05) is 6.07 Å². The van der Waals surface area contributed by atoms with Gasteiger partial charge in [0.25, 0.3) is 0 Å². The summed E-state index contributed by atoms with van der Waals surface area (Å²) in [6, 6.07) is 9.74. The molecule has 0 aliphatic carbocycles. The minimum atomic E-state index is -0.0366. The second kappa shape index (κ2) is 7.46. The molecule has 6 heteroatoms. The van der Waals surface area contributed by atoms with Crippen LogP contribution in [-0.2, 0) is 4.79 Å². The number of carbonyl (C=O) groups is 1. The van der Waals surface area contributed by atoms with Crippen LogP contribution < -0.4 is 10.2 Å². The Morgan fingerprint density at radius 1 is 1.30 bits per heavy atom. The number of amides is 1. The molecule has 0 bridgehead atoms. The minimum absolute atomic E-state index is 0.0366. The van der Waals surface area contributed by atoms with Crippen LogP contribution in [0.5, 0.6) is 0 Å². The Balaban J connectivity index is 1.65. The predicted molar refractivity (Wildman–Crippen MR) is 93.8 cm³/mol. The van der Waals surface area contributed by atoms with Crippen LogP contribution in [0.2, 0.25) is 0 Å². The van der Waals surface area contributed by atoms with Crippen LogP contribution in [-0.4, -0.2) is 35.2 Å². The lowest BCUT2D eigenvalue weighted by Gasteiger charge is -2.31. The summed E-state index contributed by atoms with van der Waals surface area (Å²) in [6.07, 6.45) is 7.37. The van der Waals surface area contributed by atoms with Crippen molar-refractivity contribution in [3.05, 3.63) is 42.7 Å². The van der Waals surface area contributed by atoms with Crippen LogP contribution >= 0.6 is 11.8 Å². The van der Waals surface area contributed by atoms with Crippen molar-refractivity contribution >= 4 is 29.3 Å². The fourth-order valence-corrected chi connectivity index (χ4v) is 3.23. The zero-order chi connectivity index (χ0) is 16.1. The molecular formula is C17H20N4OS. The molecule has 1 amide bonds. The summed E-state index contributed by atoms with van der Waals surface area (Å²) in [7, 11) is 0. The standard InChI is InChI=1S/C17H20N4OS/c1-23-15-7-2-6-14(11-15)20-16(22)13-5-3-10-21(12-13)17-18-8-4-9-19-17/h2,4,6-9,11,13H,3,5,10,12H2,1H3,(H,20,22). The molecule has 23 heavy (non-hydrogen) atoms. The molecule has 1 saturated heterocycles. The molecule has 120 valence electrons. The molecule has 5 nitrogen and oxygen atoms in total. The van der Waals surface area contributed by atoms with Crippen molar-refractivity contribution < 1.29 is 4.79 Å². The number of carbonyl (C=O) groups excluding carboxylic acids is 1. The average Bonchev–Trinajstić information content (AvgIpc) is 2.63. The minimum Gasteiger partial charge on any atom is -0.340 e. The highest BCUT2D eigenvalue weighted by Crippen LogP contribution is 2.23. The Morgan fingerprint density at radius 3 is 2.91 bits per heavy atom. The maximum Gasteiger partial charge on any atom is 0.229 e. The number of aromatic nitrogens is 2. The Morgan fingerprint density at radius 2 is 2.13 bits per heavy atom. The summed E-state index contributed by atoms with van der Waals surface area (Å²) in [5.74, 6) is 0.740. The number of hydrogen-bond acceptors (Lipinski definition) is 5. The van der Waals surface area contributed by atoms with E-state index in [1.807, 2.05) is 30.5 Å². The number of benzene rings is 1. The monoisotopic (exact) mass is 328 g/mol. The molecule has 1 unspecified atom stereocenters. The van der Waals surface area contributed by atoms with E-state index in [1.54, 1.807) is 30.2 Å². The third-order valence-corrected chi connectivity index (χ3v) is 4.69. The van der Waals surface area contributed by atoms with Crippen molar-refractivity contribution in [2.45, 2.75) is 17.7 Å². The summed E-state index contributed by atoms with van der Waals surface area (Å²) in [4.78, 5) is 24.4. The maximum absolute atomic E-state index is 12.6. The van der Waals surface area contributed by atoms with Crippen LogP contribution in [0.1, 0.15) is 12.8 Å². The summed E-state index contributed by atoms with van der Waals surface area (Å²) in [6.45, 7) is 1.56. The molecule has 1 aliphatic rings. The lowest BCUT2D eigenvalue weighted by atomic mass is 9.97. The largest absolute Gasteiger partial charge is 0.340 e. The second-order valence-corrected chi connectivity index (χ2v) is 6.43. The van der Waals surface area contributed by atoms with E-state index in [1.165, 1.54) is 0 Å². The van der Waals surface area contributed by atoms with Gasteiger partial charge in [0.15, 0.2) is 0 Å². The van der Waals surface area contributed by atoms with E-state index in [0.29, 0.717) is 12.5 Å². The Bertz CT molecular complexity index is 665. The molecular weight excluding hydrogens is 308 g/mol. The quantitative estimate of drug-likeness (QED) is 0.874. The van der Waals surface area contributed by atoms with Crippen molar-refractivity contribution in [2.75, 3.05) is 29.6 Å². The van der Waals surface area contributed by atoms with Gasteiger partial charge in [-0.15, -0.1) is 11.8 Å². The number of anilines is 2. The summed E-state index contributed by atoms with van der Waals surface area (Å²) in [5, 5.41) is 3.04. The second-order valence-electron chi connectivity index (χ2n) is 5.56. The van der Waals surface area contributed by atoms with Gasteiger partial charge in [0.1, 0.15) is 0 Å². The first-order valence-electron chi connectivity index (χ1n) is 7.73. The molecule has 0 spiro atoms. The van der Waals surface area contributed by atoms with Gasteiger partial charge in [0.05, 0.1) is 5.92 Å². The Hall–Kier alpha value is -2.08. The highest BCUT2D eigenvalue weighted by Gasteiger charge is 2.27. The first-order chi connectivity index (χ1) is 11.3. The van der Waals surface area contributed by atoms with E-state index in [2.05, 4.69) is 20.2 Å². The highest BCUT2D eigenvalue weighted by molar-refractivity contribution is 7.98. The fraction of sp³-hybridized carbons (Fsp3) is 0.353. The van der Waals surface area contributed by atoms with Crippen molar-refractivity contribution in [1.82, 2.24) is 9.97 Å². The van der Waals surface area contributed by atoms with Crippen LogP contribution in [0.15, 0.2) is 47.6 Å². The molecule has 1 N–H and O–H groups in total. The number of piperidine rings is 1. The first-order valence-corrected chi connectivity index (χ1v) is 8.95. The van der Waals surface area contributed by atoms with Crippen LogP contribution in [0.25, 0.3) is 0 Å². The van der Waals surface area contributed by atoms with Gasteiger partial charge < -0.3 is 10.2 Å². The molecule has 2 aromatic rings. The SMILES string of the molecule is CSc1cccc(NC(=O)C2CCCN(c3ncccn3)C2)c1. The van der Waals surface area contributed by atoms with E-state index in [9.17, 15) is 4.79 Å². The van der Waals surface area contributed by atoms with Gasteiger partial charge in [0, 0.05) is 36.1 Å². The van der Waals surface area contributed by atoms with Gasteiger partial charge in [-0.3, -0.25) is 4.79 Å². The summed E-state index contributed by atoms with van der Waals surface area (Å²) in [5.41, 5.74) is 0.856. The number of hydrogen-bond donors (Lipinski definition) is 1. The predicted octanol–water partition coefficient (Wildman–Crippen LogP) is 3.05. The summed E-state index contributed by atoms with van der Waals surface area (Å²) < 4.78 is 0. The van der Waals surface area contributed by atoms with Crippen LogP contribution in [0.3, 0.4) is 0 Å². The van der Waals surface area contributed by atoms with Gasteiger partial charge >= 0.3 is 0 Å². The van der Waals surface area contributed by atoms with Crippen LogP contribution in [0.4, 0.5) is 11.6 Å². The van der Waals surface area contributed by atoms with E-state index in [4.69, 9.17) is 0 Å². The number of thioether (sulfide) groups is 1. The van der Waals surface area contributed by atoms with Crippen molar-refractivity contribution in [1.29, 1.82) is 0 Å². The smallest absolute Gasteiger partial charge is 0.229 e. The first kappa shape index (κ1) is 15.8. The molecule has 1 fully saturated rings. The zero-order valence-corrected chi connectivity index (χ0v) is 13.9. The molecule has 1 atom stereocenters. The normalized spacial score (nSPS) is 17.8. The van der Waals surface area contributed by atoms with Gasteiger partial charge in [0.2, 0.25) is 11.9 Å². The average molecular weight is 328 g/mol. The molecule has 1 aromatic carbocycles. The maximum atomic E-state index is 12.6. The Kier molecular flexibility index (Phi) is 5.12. The molecule has 1 aromatic heterocycles. The number of rotatable bonds is 4. The third-order valence-electron chi connectivity index (χ3n) is 3.96. The van der Waals surface area contributed by atoms with E-state index < -0.39 is 0 Å². The van der Waals surface area contributed by atoms with Crippen molar-refractivity contribution in [3.8, 4) is 0 Å². The van der Waals surface area contributed by atoms with Crippen LogP contribution in [0, 0.1) is 5.92 Å². The third kappa shape index (κ3) is 4.01. The fourth-order valence-electron chi connectivity index (χ4n) is 2.77. The number of nitrogens with one attached hydrogen (secondary N) is 1. The van der Waals surface area contributed by atoms with Crippen molar-refractivity contribution in [3.63, 3.8) is 0 Å². The molecule has 1 aliphatic heterocycles. The highest BCUT2D eigenvalue weighted by atomic mass is 32.2. The lowest BCUT2D eigenvalue weighted by Crippen LogP contribution is -2.41. The number of nitrogens with zero attached hydrogens (tertiary/aromatic N) is 3. The van der Waals surface area contributed by atoms with Gasteiger partial charge in [-0.05, 0) is 43.4 Å². The molecule has 0 radical (unpaired) electrons.